The second-order valence-corrected chi connectivity index (χ2v) is 5.42. The minimum atomic E-state index is -0.0418. The highest BCUT2D eigenvalue weighted by atomic mass is 16.6. The summed E-state index contributed by atoms with van der Waals surface area (Å²) in [7, 11) is 1.73. The number of ether oxygens (including phenoxy) is 3. The van der Waals surface area contributed by atoms with Gasteiger partial charge in [-0.2, -0.15) is 0 Å². The van der Waals surface area contributed by atoms with E-state index in [0.717, 1.165) is 24.5 Å². The number of fused-ring (bicyclic) bond motifs is 1. The highest BCUT2D eigenvalue weighted by Gasteiger charge is 2.36. The molecule has 1 saturated heterocycles. The summed E-state index contributed by atoms with van der Waals surface area (Å²) in [4.78, 5) is 0. The van der Waals surface area contributed by atoms with Crippen LogP contribution in [0.15, 0.2) is 12.1 Å². The Labute approximate surface area is 114 Å². The summed E-state index contributed by atoms with van der Waals surface area (Å²) in [5, 5.41) is 3.61. The summed E-state index contributed by atoms with van der Waals surface area (Å²) < 4.78 is 16.9. The molecule has 0 bridgehead atoms. The standard InChI is InChI=1S/C15H21NO3/c1-15(6-3-7-16-15)13-11(10-17-2)4-5-12-14(13)19-9-8-18-12/h4-5,16H,3,6-10H2,1-2H3. The van der Waals surface area contributed by atoms with E-state index in [2.05, 4.69) is 18.3 Å². The van der Waals surface area contributed by atoms with Gasteiger partial charge in [-0.25, -0.2) is 0 Å². The van der Waals surface area contributed by atoms with Crippen LogP contribution in [0.3, 0.4) is 0 Å². The molecule has 1 unspecified atom stereocenters. The summed E-state index contributed by atoms with van der Waals surface area (Å²) in [5.74, 6) is 1.76. The SMILES string of the molecule is COCc1ccc2c(c1C1(C)CCCN1)OCCO2. The van der Waals surface area contributed by atoms with Crippen LogP contribution in [-0.4, -0.2) is 26.9 Å². The van der Waals surface area contributed by atoms with Gasteiger partial charge in [-0.3, -0.25) is 0 Å². The lowest BCUT2D eigenvalue weighted by Crippen LogP contribution is -2.35. The zero-order valence-electron chi connectivity index (χ0n) is 11.6. The first-order valence-corrected chi connectivity index (χ1v) is 6.90. The summed E-state index contributed by atoms with van der Waals surface area (Å²) in [5.41, 5.74) is 2.35. The second kappa shape index (κ2) is 5.02. The van der Waals surface area contributed by atoms with Gasteiger partial charge in [0, 0.05) is 18.2 Å². The van der Waals surface area contributed by atoms with Crippen molar-refractivity contribution in [3.63, 3.8) is 0 Å². The molecule has 0 radical (unpaired) electrons. The van der Waals surface area contributed by atoms with Crippen molar-refractivity contribution in [3.8, 4) is 11.5 Å². The first-order valence-electron chi connectivity index (χ1n) is 6.90. The first-order chi connectivity index (χ1) is 9.24. The van der Waals surface area contributed by atoms with Gasteiger partial charge in [0.15, 0.2) is 11.5 Å². The highest BCUT2D eigenvalue weighted by molar-refractivity contribution is 5.54. The van der Waals surface area contributed by atoms with Gasteiger partial charge in [0.1, 0.15) is 13.2 Å². The monoisotopic (exact) mass is 263 g/mol. The molecule has 3 rings (SSSR count). The Bertz CT molecular complexity index is 467. The molecule has 19 heavy (non-hydrogen) atoms. The van der Waals surface area contributed by atoms with Crippen LogP contribution >= 0.6 is 0 Å². The van der Waals surface area contributed by atoms with Crippen LogP contribution in [-0.2, 0) is 16.9 Å². The topological polar surface area (TPSA) is 39.7 Å². The molecule has 2 aliphatic heterocycles. The molecule has 2 aliphatic rings. The molecule has 4 nitrogen and oxygen atoms in total. The van der Waals surface area contributed by atoms with Crippen molar-refractivity contribution in [2.75, 3.05) is 26.9 Å². The molecule has 1 aromatic rings. The molecule has 0 amide bonds. The molecule has 1 N–H and O–H groups in total. The minimum absolute atomic E-state index is 0.0418. The lowest BCUT2D eigenvalue weighted by molar-refractivity contribution is 0.160. The Kier molecular flexibility index (Phi) is 3.37. The predicted octanol–water partition coefficient (Wildman–Crippen LogP) is 2.20. The Hall–Kier alpha value is -1.26. The van der Waals surface area contributed by atoms with Crippen molar-refractivity contribution in [2.45, 2.75) is 31.9 Å². The third-order valence-corrected chi connectivity index (χ3v) is 4.02. The molecule has 1 aromatic carbocycles. The second-order valence-electron chi connectivity index (χ2n) is 5.42. The lowest BCUT2D eigenvalue weighted by atomic mass is 9.85. The Balaban J connectivity index is 2.12. The predicted molar refractivity (Wildman–Crippen MR) is 72.7 cm³/mol. The van der Waals surface area contributed by atoms with Crippen molar-refractivity contribution in [3.05, 3.63) is 23.3 Å². The highest BCUT2D eigenvalue weighted by Crippen LogP contribution is 2.44. The van der Waals surface area contributed by atoms with E-state index in [4.69, 9.17) is 14.2 Å². The van der Waals surface area contributed by atoms with Crippen LogP contribution in [0.4, 0.5) is 0 Å². The molecule has 0 aliphatic carbocycles. The Morgan fingerprint density at radius 3 is 2.89 bits per heavy atom. The van der Waals surface area contributed by atoms with Crippen molar-refractivity contribution in [1.82, 2.24) is 5.32 Å². The van der Waals surface area contributed by atoms with Crippen LogP contribution in [0.1, 0.15) is 30.9 Å². The molecule has 0 saturated carbocycles. The molecule has 4 heteroatoms. The van der Waals surface area contributed by atoms with Gasteiger partial charge in [-0.15, -0.1) is 0 Å². The molecular formula is C15H21NO3. The van der Waals surface area contributed by atoms with Crippen molar-refractivity contribution >= 4 is 0 Å². The van der Waals surface area contributed by atoms with E-state index in [9.17, 15) is 0 Å². The molecule has 1 atom stereocenters. The molecule has 0 aromatic heterocycles. The van der Waals surface area contributed by atoms with Gasteiger partial charge in [0.05, 0.1) is 6.61 Å². The number of hydrogen-bond donors (Lipinski definition) is 1. The van der Waals surface area contributed by atoms with Gasteiger partial charge in [-0.05, 0) is 37.9 Å². The zero-order valence-corrected chi connectivity index (χ0v) is 11.6. The van der Waals surface area contributed by atoms with Gasteiger partial charge >= 0.3 is 0 Å². The fraction of sp³-hybridized carbons (Fsp3) is 0.600. The van der Waals surface area contributed by atoms with Gasteiger partial charge in [-0.1, -0.05) is 6.07 Å². The summed E-state index contributed by atoms with van der Waals surface area (Å²) >= 11 is 0. The normalized spacial score (nSPS) is 25.6. The van der Waals surface area contributed by atoms with E-state index >= 15 is 0 Å². The number of benzene rings is 1. The minimum Gasteiger partial charge on any atom is -0.486 e. The molecular weight excluding hydrogens is 242 g/mol. The van der Waals surface area contributed by atoms with E-state index in [-0.39, 0.29) is 5.54 Å². The summed E-state index contributed by atoms with van der Waals surface area (Å²) in [6, 6.07) is 4.09. The third kappa shape index (κ3) is 2.19. The summed E-state index contributed by atoms with van der Waals surface area (Å²) in [6.45, 7) is 5.14. The molecule has 0 spiro atoms. The zero-order chi connectivity index (χ0) is 13.3. The third-order valence-electron chi connectivity index (χ3n) is 4.02. The van der Waals surface area contributed by atoms with Gasteiger partial charge < -0.3 is 19.5 Å². The smallest absolute Gasteiger partial charge is 0.166 e. The fourth-order valence-corrected chi connectivity index (χ4v) is 3.15. The van der Waals surface area contributed by atoms with Crippen LogP contribution in [0.2, 0.25) is 0 Å². The average Bonchev–Trinajstić information content (AvgIpc) is 2.86. The van der Waals surface area contributed by atoms with Crippen molar-refractivity contribution in [2.24, 2.45) is 0 Å². The van der Waals surface area contributed by atoms with E-state index in [1.165, 1.54) is 17.5 Å². The summed E-state index contributed by atoms with van der Waals surface area (Å²) in [6.07, 6.45) is 2.30. The maximum absolute atomic E-state index is 5.90. The van der Waals surface area contributed by atoms with Crippen LogP contribution in [0.25, 0.3) is 0 Å². The largest absolute Gasteiger partial charge is 0.486 e. The number of nitrogens with one attached hydrogen (secondary N) is 1. The number of hydrogen-bond acceptors (Lipinski definition) is 4. The van der Waals surface area contributed by atoms with Crippen molar-refractivity contribution < 1.29 is 14.2 Å². The van der Waals surface area contributed by atoms with Crippen LogP contribution in [0.5, 0.6) is 11.5 Å². The van der Waals surface area contributed by atoms with Gasteiger partial charge in [0.2, 0.25) is 0 Å². The maximum atomic E-state index is 5.90. The number of methoxy groups -OCH3 is 1. The number of rotatable bonds is 3. The van der Waals surface area contributed by atoms with E-state index in [0.29, 0.717) is 19.8 Å². The van der Waals surface area contributed by atoms with Crippen LogP contribution in [0, 0.1) is 0 Å². The van der Waals surface area contributed by atoms with E-state index in [1.807, 2.05) is 6.07 Å². The first kappa shape index (κ1) is 12.8. The molecule has 1 fully saturated rings. The van der Waals surface area contributed by atoms with E-state index in [1.54, 1.807) is 7.11 Å². The molecule has 104 valence electrons. The molecule has 2 heterocycles. The van der Waals surface area contributed by atoms with E-state index < -0.39 is 0 Å². The Morgan fingerprint density at radius 2 is 2.16 bits per heavy atom. The van der Waals surface area contributed by atoms with Crippen LogP contribution < -0.4 is 14.8 Å². The quantitative estimate of drug-likeness (QED) is 0.907. The average molecular weight is 263 g/mol. The van der Waals surface area contributed by atoms with Gasteiger partial charge in [0.25, 0.3) is 0 Å². The Morgan fingerprint density at radius 1 is 1.32 bits per heavy atom. The van der Waals surface area contributed by atoms with Crippen molar-refractivity contribution in [1.29, 1.82) is 0 Å². The fourth-order valence-electron chi connectivity index (χ4n) is 3.15. The maximum Gasteiger partial charge on any atom is 0.166 e. The lowest BCUT2D eigenvalue weighted by Gasteiger charge is -2.32.